The molecular formula is C16H20ClN5O2. The first-order valence-electron chi connectivity index (χ1n) is 7.74. The first-order chi connectivity index (χ1) is 11.4. The number of rotatable bonds is 3. The van der Waals surface area contributed by atoms with Gasteiger partial charge in [0.2, 0.25) is 11.1 Å². The predicted molar refractivity (Wildman–Crippen MR) is 92.0 cm³/mol. The molecule has 1 aliphatic carbocycles. The Bertz CT molecular complexity index is 727. The van der Waals surface area contributed by atoms with E-state index in [9.17, 15) is 4.79 Å². The summed E-state index contributed by atoms with van der Waals surface area (Å²) in [4.78, 5) is 23.3. The molecule has 0 amide bonds. The maximum Gasteiger partial charge on any atom is 0.224 e. The van der Waals surface area contributed by atoms with Crippen molar-refractivity contribution < 1.29 is 9.53 Å². The molecule has 0 saturated carbocycles. The van der Waals surface area contributed by atoms with E-state index in [2.05, 4.69) is 9.97 Å². The lowest BCUT2D eigenvalue weighted by atomic mass is 9.79. The maximum atomic E-state index is 13.0. The number of Topliss-reactive ketones (excluding diaryl/α,β-unsaturated/α-hetero) is 1. The summed E-state index contributed by atoms with van der Waals surface area (Å²) in [7, 11) is 0. The van der Waals surface area contributed by atoms with Gasteiger partial charge in [-0.3, -0.25) is 4.79 Å². The molecule has 1 aliphatic heterocycles. The fourth-order valence-corrected chi connectivity index (χ4v) is 3.04. The van der Waals surface area contributed by atoms with E-state index in [0.717, 1.165) is 5.57 Å². The van der Waals surface area contributed by atoms with E-state index in [1.807, 2.05) is 11.8 Å². The third-order valence-corrected chi connectivity index (χ3v) is 4.56. The molecule has 0 bridgehead atoms. The normalized spacial score (nSPS) is 24.4. The van der Waals surface area contributed by atoms with Crippen LogP contribution in [0.25, 0.3) is 0 Å². The Balaban J connectivity index is 1.94. The van der Waals surface area contributed by atoms with Crippen molar-refractivity contribution in [3.05, 3.63) is 40.5 Å². The fraction of sp³-hybridized carbons (Fsp3) is 0.438. The van der Waals surface area contributed by atoms with Crippen molar-refractivity contribution in [1.29, 1.82) is 0 Å². The number of hydrogen-bond donors (Lipinski definition) is 2. The third kappa shape index (κ3) is 3.15. The lowest BCUT2D eigenvalue weighted by Crippen LogP contribution is -2.51. The average molecular weight is 350 g/mol. The van der Waals surface area contributed by atoms with Crippen LogP contribution in [0.5, 0.6) is 0 Å². The number of carbonyl (C=O) groups is 1. The highest BCUT2D eigenvalue weighted by Gasteiger charge is 2.39. The van der Waals surface area contributed by atoms with Crippen molar-refractivity contribution in [3.8, 4) is 0 Å². The van der Waals surface area contributed by atoms with Crippen molar-refractivity contribution >= 4 is 23.2 Å². The summed E-state index contributed by atoms with van der Waals surface area (Å²) in [5.74, 6) is 0.289. The van der Waals surface area contributed by atoms with Crippen molar-refractivity contribution in [2.75, 3.05) is 31.2 Å². The molecule has 1 unspecified atom stereocenters. The van der Waals surface area contributed by atoms with Crippen LogP contribution in [-0.2, 0) is 4.74 Å². The number of ketones is 1. The summed E-state index contributed by atoms with van der Waals surface area (Å²) in [6.45, 7) is 4.39. The Morgan fingerprint density at radius 1 is 1.33 bits per heavy atom. The Labute approximate surface area is 145 Å². The van der Waals surface area contributed by atoms with Gasteiger partial charge in [-0.15, -0.1) is 0 Å². The van der Waals surface area contributed by atoms with Gasteiger partial charge in [-0.05, 0) is 30.2 Å². The fourth-order valence-electron chi connectivity index (χ4n) is 2.87. The van der Waals surface area contributed by atoms with Crippen LogP contribution in [0.4, 0.5) is 5.82 Å². The molecule has 4 N–H and O–H groups in total. The number of aromatic nitrogens is 2. The maximum absolute atomic E-state index is 13.0. The number of morpholine rings is 1. The number of nitrogens with zero attached hydrogens (tertiary/aromatic N) is 3. The Morgan fingerprint density at radius 2 is 2.04 bits per heavy atom. The Kier molecular flexibility index (Phi) is 4.58. The molecule has 1 aromatic rings. The second kappa shape index (κ2) is 6.51. The first-order valence-corrected chi connectivity index (χ1v) is 8.12. The molecule has 0 aromatic carbocycles. The van der Waals surface area contributed by atoms with Gasteiger partial charge in [0.05, 0.1) is 13.2 Å². The third-order valence-electron chi connectivity index (χ3n) is 4.39. The van der Waals surface area contributed by atoms with E-state index >= 15 is 0 Å². The zero-order chi connectivity index (χ0) is 17.3. The van der Waals surface area contributed by atoms with Gasteiger partial charge in [-0.25, -0.2) is 9.97 Å². The van der Waals surface area contributed by atoms with Crippen molar-refractivity contribution in [3.63, 3.8) is 0 Å². The topological polar surface area (TPSA) is 107 Å². The molecule has 0 radical (unpaired) electrons. The van der Waals surface area contributed by atoms with E-state index in [4.69, 9.17) is 27.8 Å². The average Bonchev–Trinajstić information content (AvgIpc) is 2.58. The highest BCUT2D eigenvalue weighted by molar-refractivity contribution is 6.28. The molecule has 24 heavy (non-hydrogen) atoms. The van der Waals surface area contributed by atoms with Crippen LogP contribution in [0.1, 0.15) is 23.8 Å². The van der Waals surface area contributed by atoms with Gasteiger partial charge in [0.25, 0.3) is 0 Å². The SMILES string of the molecule is CC1=CC=C(N)CC1(N)C(=O)c1cc(N2CCOCC2)nc(Cl)n1. The minimum Gasteiger partial charge on any atom is -0.402 e. The molecule has 0 spiro atoms. The minimum atomic E-state index is -1.21. The highest BCUT2D eigenvalue weighted by Crippen LogP contribution is 2.29. The van der Waals surface area contributed by atoms with Gasteiger partial charge in [0, 0.05) is 31.3 Å². The molecule has 3 rings (SSSR count). The Morgan fingerprint density at radius 3 is 2.75 bits per heavy atom. The van der Waals surface area contributed by atoms with Crippen molar-refractivity contribution in [1.82, 2.24) is 9.97 Å². The van der Waals surface area contributed by atoms with Crippen LogP contribution in [-0.4, -0.2) is 47.6 Å². The molecule has 1 aromatic heterocycles. The minimum absolute atomic E-state index is 0.0203. The van der Waals surface area contributed by atoms with Crippen LogP contribution in [0.3, 0.4) is 0 Å². The first kappa shape index (κ1) is 16.9. The molecule has 1 atom stereocenters. The van der Waals surface area contributed by atoms with Crippen LogP contribution < -0.4 is 16.4 Å². The zero-order valence-electron chi connectivity index (χ0n) is 13.5. The summed E-state index contributed by atoms with van der Waals surface area (Å²) < 4.78 is 5.33. The zero-order valence-corrected chi connectivity index (χ0v) is 14.2. The molecule has 1 saturated heterocycles. The molecular weight excluding hydrogens is 330 g/mol. The quantitative estimate of drug-likeness (QED) is 0.620. The Hall–Kier alpha value is -1.96. The van der Waals surface area contributed by atoms with Gasteiger partial charge >= 0.3 is 0 Å². The summed E-state index contributed by atoms with van der Waals surface area (Å²) in [6.07, 6.45) is 3.78. The summed E-state index contributed by atoms with van der Waals surface area (Å²) in [5.41, 5.74) is 12.5. The van der Waals surface area contributed by atoms with Crippen LogP contribution in [0.2, 0.25) is 5.28 Å². The van der Waals surface area contributed by atoms with E-state index in [1.54, 1.807) is 18.2 Å². The summed E-state index contributed by atoms with van der Waals surface area (Å²) in [5, 5.41) is 0.0203. The number of nitrogens with two attached hydrogens (primary N) is 2. The van der Waals surface area contributed by atoms with Crippen molar-refractivity contribution in [2.45, 2.75) is 18.9 Å². The van der Waals surface area contributed by atoms with Crippen LogP contribution >= 0.6 is 11.6 Å². The number of anilines is 1. The van der Waals surface area contributed by atoms with Crippen LogP contribution in [0, 0.1) is 0 Å². The van der Waals surface area contributed by atoms with E-state index < -0.39 is 5.54 Å². The van der Waals surface area contributed by atoms with Crippen molar-refractivity contribution in [2.24, 2.45) is 11.5 Å². The smallest absolute Gasteiger partial charge is 0.224 e. The number of ether oxygens (including phenoxy) is 1. The number of halogens is 1. The summed E-state index contributed by atoms with van der Waals surface area (Å²) >= 11 is 6.04. The monoisotopic (exact) mass is 349 g/mol. The predicted octanol–water partition coefficient (Wildman–Crippen LogP) is 1.04. The van der Waals surface area contributed by atoms with Gasteiger partial charge in [-0.1, -0.05) is 6.08 Å². The standard InChI is InChI=1S/C16H20ClN5O2/c1-10-2-3-11(18)9-16(10,19)14(23)12-8-13(21-15(17)20-12)22-4-6-24-7-5-22/h2-3,8H,4-7,9,18-19H2,1H3. The number of hydrogen-bond acceptors (Lipinski definition) is 7. The summed E-state index contributed by atoms with van der Waals surface area (Å²) in [6, 6.07) is 1.63. The number of allylic oxidation sites excluding steroid dienone is 2. The molecule has 8 heteroatoms. The van der Waals surface area contributed by atoms with E-state index in [1.165, 1.54) is 0 Å². The lowest BCUT2D eigenvalue weighted by molar-refractivity contribution is 0.0906. The molecule has 128 valence electrons. The van der Waals surface area contributed by atoms with Gasteiger partial charge < -0.3 is 21.1 Å². The molecule has 2 aliphatic rings. The molecule has 7 nitrogen and oxygen atoms in total. The second-order valence-electron chi connectivity index (χ2n) is 6.05. The largest absolute Gasteiger partial charge is 0.402 e. The van der Waals surface area contributed by atoms with E-state index in [0.29, 0.717) is 37.8 Å². The second-order valence-corrected chi connectivity index (χ2v) is 6.39. The van der Waals surface area contributed by atoms with Gasteiger partial charge in [-0.2, -0.15) is 0 Å². The highest BCUT2D eigenvalue weighted by atomic mass is 35.5. The molecule has 1 fully saturated rings. The molecule has 2 heterocycles. The lowest BCUT2D eigenvalue weighted by Gasteiger charge is -2.32. The van der Waals surface area contributed by atoms with Crippen LogP contribution in [0.15, 0.2) is 29.5 Å². The number of carbonyl (C=O) groups excluding carboxylic acids is 1. The van der Waals surface area contributed by atoms with E-state index in [-0.39, 0.29) is 23.2 Å². The van der Waals surface area contributed by atoms with Gasteiger partial charge in [0.1, 0.15) is 17.1 Å². The van der Waals surface area contributed by atoms with Gasteiger partial charge in [0.15, 0.2) is 0 Å².